The normalized spacial score (nSPS) is 14.5. The topological polar surface area (TPSA) is 129 Å². The van der Waals surface area contributed by atoms with Gasteiger partial charge in [0.25, 0.3) is 0 Å². The van der Waals surface area contributed by atoms with E-state index in [9.17, 15) is 26.4 Å². The summed E-state index contributed by atoms with van der Waals surface area (Å²) in [6, 6.07) is 10.1. The Morgan fingerprint density at radius 1 is 1.13 bits per heavy atom. The highest BCUT2D eigenvalue weighted by atomic mass is 32.2. The van der Waals surface area contributed by atoms with Crippen LogP contribution in [-0.4, -0.2) is 38.0 Å². The number of nitrogens with one attached hydrogen (secondary N) is 1. The van der Waals surface area contributed by atoms with Crippen molar-refractivity contribution in [3.8, 4) is 17.5 Å². The highest BCUT2D eigenvalue weighted by Crippen LogP contribution is 2.45. The van der Waals surface area contributed by atoms with Crippen molar-refractivity contribution < 1.29 is 30.8 Å². The van der Waals surface area contributed by atoms with Crippen molar-refractivity contribution in [2.75, 3.05) is 11.6 Å². The van der Waals surface area contributed by atoms with Crippen molar-refractivity contribution in [1.29, 1.82) is 5.26 Å². The van der Waals surface area contributed by atoms with Crippen molar-refractivity contribution in [2.45, 2.75) is 62.4 Å². The molecule has 0 bridgehead atoms. The smallest absolute Gasteiger partial charge is 0.417 e. The Labute approximate surface area is 226 Å². The minimum absolute atomic E-state index is 0.105. The highest BCUT2D eigenvalue weighted by molar-refractivity contribution is 7.90. The van der Waals surface area contributed by atoms with Crippen molar-refractivity contribution in [2.24, 2.45) is 5.92 Å². The fourth-order valence-electron chi connectivity index (χ4n) is 4.09. The monoisotopic (exact) mass is 580 g/mol. The first-order valence-electron chi connectivity index (χ1n) is 12.1. The number of anilines is 1. The molecule has 210 valence electrons. The summed E-state index contributed by atoms with van der Waals surface area (Å²) >= 11 is 0. The molecule has 3 rings (SSSR count). The van der Waals surface area contributed by atoms with Crippen molar-refractivity contribution in [3.05, 3.63) is 59.5 Å². The predicted octanol–water partition coefficient (Wildman–Crippen LogP) is 6.19. The molecule has 1 heterocycles. The van der Waals surface area contributed by atoms with E-state index < -0.39 is 46.5 Å². The lowest BCUT2D eigenvalue weighted by atomic mass is 9.90. The maximum atomic E-state index is 13.6. The van der Waals surface area contributed by atoms with E-state index in [1.54, 1.807) is 6.07 Å². The zero-order valence-electron chi connectivity index (χ0n) is 22.5. The van der Waals surface area contributed by atoms with E-state index in [1.807, 2.05) is 33.9 Å². The van der Waals surface area contributed by atoms with E-state index in [1.165, 1.54) is 30.3 Å². The maximum absolute atomic E-state index is 13.6. The first kappa shape index (κ1) is 30.3. The van der Waals surface area contributed by atoms with Crippen LogP contribution >= 0.6 is 0 Å². The fourth-order valence-corrected chi connectivity index (χ4v) is 5.54. The molecule has 8 nitrogen and oxygen atoms in total. The number of sulfone groups is 1. The molecule has 3 aromatic rings. The number of alkyl halides is 3. The van der Waals surface area contributed by atoms with Crippen LogP contribution in [0.25, 0.3) is 11.5 Å². The molecule has 0 aliphatic carbocycles. The molecular weight excluding hydrogens is 549 g/mol. The number of hydrogen-bond acceptors (Lipinski definition) is 8. The quantitative estimate of drug-likeness (QED) is 0.287. The standard InChI is InChI=1S/C26H31F3N4O4SSi/c1-16(14-25(2,3)39(5,6)36)22(31-19-10-7-18(15-30)21(13-19)26(27,28)29)24-33-32-23(37-24)17-8-11-20(12-9-17)38(4,34)35/h7-13,16,22,31,36H,14H2,1-6H3/t16-,22+/m0/s1. The number of aromatic nitrogens is 2. The van der Waals surface area contributed by atoms with Gasteiger partial charge in [-0.15, -0.1) is 10.2 Å². The number of hydrogen-bond donors (Lipinski definition) is 2. The molecule has 0 aliphatic heterocycles. The van der Waals surface area contributed by atoms with Crippen LogP contribution < -0.4 is 5.32 Å². The van der Waals surface area contributed by atoms with Gasteiger partial charge in [-0.1, -0.05) is 20.8 Å². The van der Waals surface area contributed by atoms with Gasteiger partial charge in [0.1, 0.15) is 6.04 Å². The number of halogens is 3. The third kappa shape index (κ3) is 7.06. The Morgan fingerprint density at radius 3 is 2.26 bits per heavy atom. The Bertz CT molecular complexity index is 1470. The Hall–Kier alpha value is -3.21. The second kappa shape index (κ2) is 10.7. The lowest BCUT2D eigenvalue weighted by molar-refractivity contribution is -0.137. The number of nitrogens with zero attached hydrogens (tertiary/aromatic N) is 3. The molecule has 2 atom stereocenters. The highest BCUT2D eigenvalue weighted by Gasteiger charge is 2.41. The van der Waals surface area contributed by atoms with Crippen molar-refractivity contribution in [1.82, 2.24) is 10.2 Å². The van der Waals surface area contributed by atoms with Crippen LogP contribution in [0.5, 0.6) is 0 Å². The zero-order valence-corrected chi connectivity index (χ0v) is 24.3. The molecule has 13 heteroatoms. The minimum atomic E-state index is -4.73. The first-order valence-corrected chi connectivity index (χ1v) is 16.9. The van der Waals surface area contributed by atoms with E-state index in [2.05, 4.69) is 15.5 Å². The molecule has 0 saturated heterocycles. The van der Waals surface area contributed by atoms with Gasteiger partial charge in [0, 0.05) is 17.5 Å². The summed E-state index contributed by atoms with van der Waals surface area (Å²) in [5, 5.41) is 20.0. The van der Waals surface area contributed by atoms with Gasteiger partial charge in [0.05, 0.1) is 22.1 Å². The SMILES string of the molecule is C[C@@H](CC(C)(C)[Si](C)(C)O)[C@@H](Nc1ccc(C#N)c(C(F)(F)F)c1)c1nnc(-c2ccc(S(C)(=O)=O)cc2)o1. The van der Waals surface area contributed by atoms with E-state index in [4.69, 9.17) is 9.68 Å². The van der Waals surface area contributed by atoms with Crippen LogP contribution in [0.1, 0.15) is 50.3 Å². The van der Waals surface area contributed by atoms with E-state index in [-0.39, 0.29) is 28.3 Å². The van der Waals surface area contributed by atoms with Crippen LogP contribution in [0.4, 0.5) is 18.9 Å². The van der Waals surface area contributed by atoms with E-state index in [0.29, 0.717) is 12.0 Å². The van der Waals surface area contributed by atoms with Gasteiger partial charge in [-0.3, -0.25) is 0 Å². The minimum Gasteiger partial charge on any atom is -0.432 e. The van der Waals surface area contributed by atoms with Crippen LogP contribution in [0, 0.1) is 17.2 Å². The van der Waals surface area contributed by atoms with Gasteiger partial charge in [-0.05, 0) is 72.9 Å². The largest absolute Gasteiger partial charge is 0.432 e. The Balaban J connectivity index is 2.03. The Morgan fingerprint density at radius 2 is 1.74 bits per heavy atom. The number of nitriles is 1. The zero-order chi connectivity index (χ0) is 29.4. The summed E-state index contributed by atoms with van der Waals surface area (Å²) in [6.07, 6.45) is -3.15. The molecule has 39 heavy (non-hydrogen) atoms. The molecule has 0 saturated carbocycles. The molecule has 2 N–H and O–H groups in total. The summed E-state index contributed by atoms with van der Waals surface area (Å²) in [4.78, 5) is 10.9. The molecule has 0 unspecified atom stereocenters. The van der Waals surface area contributed by atoms with Gasteiger partial charge >= 0.3 is 6.18 Å². The summed E-state index contributed by atoms with van der Waals surface area (Å²) < 4.78 is 70.3. The van der Waals surface area contributed by atoms with Gasteiger partial charge in [-0.25, -0.2) is 8.42 Å². The van der Waals surface area contributed by atoms with Gasteiger partial charge in [0.2, 0.25) is 11.8 Å². The summed E-state index contributed by atoms with van der Waals surface area (Å²) in [5.41, 5.74) is -0.990. The second-order valence-corrected chi connectivity index (χ2v) is 17.3. The molecule has 0 spiro atoms. The molecular formula is C26H31F3N4O4SSi. The van der Waals surface area contributed by atoms with Crippen molar-refractivity contribution in [3.63, 3.8) is 0 Å². The van der Waals surface area contributed by atoms with Crippen LogP contribution in [0.15, 0.2) is 51.8 Å². The molecule has 0 amide bonds. The predicted molar refractivity (Wildman–Crippen MR) is 143 cm³/mol. The number of rotatable bonds is 9. The van der Waals surface area contributed by atoms with Crippen molar-refractivity contribution >= 4 is 23.8 Å². The van der Waals surface area contributed by atoms with E-state index >= 15 is 0 Å². The Kier molecular flexibility index (Phi) is 8.36. The van der Waals surface area contributed by atoms with Crippen LogP contribution in [-0.2, 0) is 16.0 Å². The van der Waals surface area contributed by atoms with Crippen LogP contribution in [0.3, 0.4) is 0 Å². The second-order valence-electron chi connectivity index (χ2n) is 10.9. The fraction of sp³-hybridized carbons (Fsp3) is 0.423. The molecule has 0 fully saturated rings. The first-order chi connectivity index (χ1) is 17.8. The molecule has 0 radical (unpaired) electrons. The summed E-state index contributed by atoms with van der Waals surface area (Å²) in [7, 11) is -6.03. The number of benzene rings is 2. The van der Waals surface area contributed by atoms with Gasteiger partial charge < -0.3 is 14.5 Å². The van der Waals surface area contributed by atoms with E-state index in [0.717, 1.165) is 18.4 Å². The van der Waals surface area contributed by atoms with Gasteiger partial charge in [0.15, 0.2) is 18.2 Å². The van der Waals surface area contributed by atoms with Gasteiger partial charge in [-0.2, -0.15) is 18.4 Å². The average molecular weight is 581 g/mol. The molecule has 2 aromatic carbocycles. The van der Waals surface area contributed by atoms with Crippen LogP contribution in [0.2, 0.25) is 18.1 Å². The third-order valence-corrected chi connectivity index (χ3v) is 11.7. The maximum Gasteiger partial charge on any atom is 0.417 e. The lowest BCUT2D eigenvalue weighted by Gasteiger charge is -2.38. The average Bonchev–Trinajstić information content (AvgIpc) is 3.30. The summed E-state index contributed by atoms with van der Waals surface area (Å²) in [5.74, 6) is -0.0726. The lowest BCUT2D eigenvalue weighted by Crippen LogP contribution is -2.41. The summed E-state index contributed by atoms with van der Waals surface area (Å²) in [6.45, 7) is 9.41. The molecule has 1 aromatic heterocycles. The molecule has 0 aliphatic rings. The third-order valence-electron chi connectivity index (χ3n) is 7.06.